The maximum Gasteiger partial charge on any atom is 0.259 e. The largest absolute Gasteiger partial charge is 0.392 e. The van der Waals surface area contributed by atoms with Gasteiger partial charge in [-0.1, -0.05) is 0 Å². The molecule has 1 rings (SSSR count). The fourth-order valence-electron chi connectivity index (χ4n) is 1.38. The monoisotopic (exact) mass is 276 g/mol. The molecule has 0 saturated heterocycles. The predicted molar refractivity (Wildman–Crippen MR) is 67.5 cm³/mol. The second kappa shape index (κ2) is 5.79. The Labute approximate surface area is 107 Å². The van der Waals surface area contributed by atoms with Crippen molar-refractivity contribution >= 4 is 10.0 Å². The molecule has 0 amide bonds. The van der Waals surface area contributed by atoms with Gasteiger partial charge in [0.1, 0.15) is 5.82 Å². The second-order valence-corrected chi connectivity index (χ2v) is 5.88. The number of nitrogens with zero attached hydrogens (tertiary/aromatic N) is 2. The number of sulfonamides is 1. The SMILES string of the molecule is CCn1cc(S(=O)(=O)NCC(N)C(C)O)nc1C. The summed E-state index contributed by atoms with van der Waals surface area (Å²) in [5, 5.41) is 9.17. The van der Waals surface area contributed by atoms with E-state index in [1.165, 1.54) is 13.1 Å². The normalized spacial score (nSPS) is 15.6. The molecule has 1 heterocycles. The third-order valence-corrected chi connectivity index (χ3v) is 3.99. The maximum absolute atomic E-state index is 11.9. The molecule has 0 radical (unpaired) electrons. The summed E-state index contributed by atoms with van der Waals surface area (Å²) >= 11 is 0. The number of nitrogens with one attached hydrogen (secondary N) is 1. The molecule has 4 N–H and O–H groups in total. The van der Waals surface area contributed by atoms with E-state index in [9.17, 15) is 13.5 Å². The van der Waals surface area contributed by atoms with Crippen LogP contribution >= 0.6 is 0 Å². The van der Waals surface area contributed by atoms with Gasteiger partial charge < -0.3 is 15.4 Å². The third kappa shape index (κ3) is 3.52. The molecule has 0 aliphatic heterocycles. The van der Waals surface area contributed by atoms with Crippen molar-refractivity contribution in [1.82, 2.24) is 14.3 Å². The van der Waals surface area contributed by atoms with Crippen LogP contribution < -0.4 is 10.5 Å². The zero-order chi connectivity index (χ0) is 13.9. The van der Waals surface area contributed by atoms with Crippen molar-refractivity contribution in [2.24, 2.45) is 5.73 Å². The van der Waals surface area contributed by atoms with E-state index in [1.54, 1.807) is 11.5 Å². The number of aliphatic hydroxyl groups excluding tert-OH is 1. The van der Waals surface area contributed by atoms with Crippen LogP contribution in [0.4, 0.5) is 0 Å². The van der Waals surface area contributed by atoms with Gasteiger partial charge in [-0.3, -0.25) is 0 Å². The smallest absolute Gasteiger partial charge is 0.259 e. The van der Waals surface area contributed by atoms with Gasteiger partial charge in [-0.2, -0.15) is 0 Å². The molecule has 2 unspecified atom stereocenters. The molecule has 1 aromatic rings. The Bertz CT molecular complexity index is 495. The van der Waals surface area contributed by atoms with Crippen LogP contribution in [0.5, 0.6) is 0 Å². The van der Waals surface area contributed by atoms with Crippen LogP contribution in [0.15, 0.2) is 11.2 Å². The molecule has 0 aliphatic rings. The van der Waals surface area contributed by atoms with Gasteiger partial charge in [0, 0.05) is 25.3 Å². The van der Waals surface area contributed by atoms with E-state index in [0.29, 0.717) is 12.4 Å². The van der Waals surface area contributed by atoms with Gasteiger partial charge in [-0.25, -0.2) is 18.1 Å². The molecular formula is C10H20N4O3S. The molecule has 0 aromatic carbocycles. The standard InChI is InChI=1S/C10H20N4O3S/c1-4-14-6-10(13-8(14)3)18(16,17)12-5-9(11)7(2)15/h6-7,9,12,15H,4-5,11H2,1-3H3. The molecule has 0 fully saturated rings. The Morgan fingerprint density at radius 2 is 2.22 bits per heavy atom. The fraction of sp³-hybridized carbons (Fsp3) is 0.700. The zero-order valence-corrected chi connectivity index (χ0v) is 11.6. The van der Waals surface area contributed by atoms with Gasteiger partial charge in [0.15, 0.2) is 5.03 Å². The number of nitrogens with two attached hydrogens (primary N) is 1. The van der Waals surface area contributed by atoms with E-state index >= 15 is 0 Å². The predicted octanol–water partition coefficient (Wildman–Crippen LogP) is -0.802. The molecule has 0 aliphatic carbocycles. The van der Waals surface area contributed by atoms with E-state index in [0.717, 1.165) is 0 Å². The van der Waals surface area contributed by atoms with E-state index in [-0.39, 0.29) is 11.6 Å². The first-order chi connectivity index (χ1) is 8.27. The number of hydrogen-bond acceptors (Lipinski definition) is 5. The average Bonchev–Trinajstić information content (AvgIpc) is 2.68. The summed E-state index contributed by atoms with van der Waals surface area (Å²) in [6, 6.07) is -0.644. The lowest BCUT2D eigenvalue weighted by Gasteiger charge is -2.14. The van der Waals surface area contributed by atoms with Crippen molar-refractivity contribution in [3.63, 3.8) is 0 Å². The zero-order valence-electron chi connectivity index (χ0n) is 10.8. The summed E-state index contributed by atoms with van der Waals surface area (Å²) < 4.78 is 27.9. The van der Waals surface area contributed by atoms with Crippen LogP contribution in [0.2, 0.25) is 0 Å². The fourth-order valence-corrected chi connectivity index (χ4v) is 2.46. The third-order valence-electron chi connectivity index (χ3n) is 2.70. The summed E-state index contributed by atoms with van der Waals surface area (Å²) in [6.45, 7) is 5.78. The minimum absolute atomic E-state index is 0.0281. The van der Waals surface area contributed by atoms with Crippen molar-refractivity contribution in [2.75, 3.05) is 6.54 Å². The van der Waals surface area contributed by atoms with E-state index in [4.69, 9.17) is 5.73 Å². The van der Waals surface area contributed by atoms with E-state index in [1.807, 2.05) is 6.92 Å². The topological polar surface area (TPSA) is 110 Å². The highest BCUT2D eigenvalue weighted by molar-refractivity contribution is 7.89. The highest BCUT2D eigenvalue weighted by atomic mass is 32.2. The number of rotatable bonds is 6. The van der Waals surface area contributed by atoms with Gasteiger partial charge in [0.25, 0.3) is 10.0 Å². The first-order valence-corrected chi connectivity index (χ1v) is 7.23. The Balaban J connectivity index is 2.80. The summed E-state index contributed by atoms with van der Waals surface area (Å²) in [5.41, 5.74) is 5.56. The van der Waals surface area contributed by atoms with E-state index < -0.39 is 22.2 Å². The van der Waals surface area contributed by atoms with Crippen LogP contribution in [0.1, 0.15) is 19.7 Å². The van der Waals surface area contributed by atoms with Crippen LogP contribution in [-0.4, -0.2) is 41.8 Å². The summed E-state index contributed by atoms with van der Waals surface area (Å²) in [4.78, 5) is 3.99. The van der Waals surface area contributed by atoms with Crippen molar-refractivity contribution in [2.45, 2.75) is 44.5 Å². The molecule has 0 spiro atoms. The lowest BCUT2D eigenvalue weighted by molar-refractivity contribution is 0.164. The van der Waals surface area contributed by atoms with E-state index in [2.05, 4.69) is 9.71 Å². The quantitative estimate of drug-likeness (QED) is 0.630. The molecule has 1 aromatic heterocycles. The Morgan fingerprint density at radius 1 is 1.61 bits per heavy atom. The molecule has 104 valence electrons. The van der Waals surface area contributed by atoms with Crippen LogP contribution in [0.25, 0.3) is 0 Å². The van der Waals surface area contributed by atoms with Crippen LogP contribution in [0, 0.1) is 6.92 Å². The molecule has 7 nitrogen and oxygen atoms in total. The molecule has 8 heteroatoms. The number of hydrogen-bond donors (Lipinski definition) is 3. The summed E-state index contributed by atoms with van der Waals surface area (Å²) in [5.74, 6) is 0.637. The molecule has 0 saturated carbocycles. The average molecular weight is 276 g/mol. The van der Waals surface area contributed by atoms with Crippen molar-refractivity contribution in [3.05, 3.63) is 12.0 Å². The Kier molecular flexibility index (Phi) is 4.85. The molecule has 18 heavy (non-hydrogen) atoms. The number of imidazole rings is 1. The van der Waals surface area contributed by atoms with Crippen molar-refractivity contribution in [1.29, 1.82) is 0 Å². The summed E-state index contributed by atoms with van der Waals surface area (Å²) in [6.07, 6.45) is 0.702. The molecule has 0 bridgehead atoms. The minimum Gasteiger partial charge on any atom is -0.392 e. The summed E-state index contributed by atoms with van der Waals surface area (Å²) in [7, 11) is -3.67. The molecular weight excluding hydrogens is 256 g/mol. The van der Waals surface area contributed by atoms with Gasteiger partial charge in [-0.15, -0.1) is 0 Å². The van der Waals surface area contributed by atoms with Gasteiger partial charge in [0.2, 0.25) is 0 Å². The molecule has 2 atom stereocenters. The minimum atomic E-state index is -3.67. The van der Waals surface area contributed by atoms with Gasteiger partial charge in [0.05, 0.1) is 6.10 Å². The van der Waals surface area contributed by atoms with Gasteiger partial charge in [-0.05, 0) is 20.8 Å². The first kappa shape index (κ1) is 15.1. The number of aryl methyl sites for hydroxylation is 2. The Morgan fingerprint density at radius 3 is 2.67 bits per heavy atom. The lowest BCUT2D eigenvalue weighted by Crippen LogP contribution is -2.43. The van der Waals surface area contributed by atoms with Crippen molar-refractivity contribution < 1.29 is 13.5 Å². The number of aromatic nitrogens is 2. The van der Waals surface area contributed by atoms with Gasteiger partial charge >= 0.3 is 0 Å². The van der Waals surface area contributed by atoms with Crippen LogP contribution in [-0.2, 0) is 16.6 Å². The maximum atomic E-state index is 11.9. The highest BCUT2D eigenvalue weighted by Crippen LogP contribution is 2.08. The van der Waals surface area contributed by atoms with Crippen LogP contribution in [0.3, 0.4) is 0 Å². The van der Waals surface area contributed by atoms with Crippen molar-refractivity contribution in [3.8, 4) is 0 Å². The Hall–Kier alpha value is -0.960. The highest BCUT2D eigenvalue weighted by Gasteiger charge is 2.20. The first-order valence-electron chi connectivity index (χ1n) is 5.75. The number of aliphatic hydroxyl groups is 1. The lowest BCUT2D eigenvalue weighted by atomic mass is 10.2. The second-order valence-electron chi connectivity index (χ2n) is 4.17.